The molecule has 1 N–H and O–H groups in total. The van der Waals surface area contributed by atoms with Crippen molar-refractivity contribution in [2.75, 3.05) is 26.9 Å². The molecule has 0 saturated heterocycles. The first-order valence-electron chi connectivity index (χ1n) is 5.85. The van der Waals surface area contributed by atoms with E-state index in [1.807, 2.05) is 13.8 Å². The van der Waals surface area contributed by atoms with Crippen molar-refractivity contribution < 1.29 is 19.1 Å². The predicted octanol–water partition coefficient (Wildman–Crippen LogP) is 0.769. The van der Waals surface area contributed by atoms with Crippen molar-refractivity contribution in [2.45, 2.75) is 33.2 Å². The van der Waals surface area contributed by atoms with Crippen molar-refractivity contribution in [3.8, 4) is 0 Å². The molecule has 1 unspecified atom stereocenters. The van der Waals surface area contributed by atoms with Crippen LogP contribution >= 0.6 is 0 Å². The van der Waals surface area contributed by atoms with Gasteiger partial charge in [0.15, 0.2) is 5.78 Å². The molecular weight excluding hydrogens is 222 g/mol. The molecule has 0 aliphatic carbocycles. The topological polar surface area (TPSA) is 64.6 Å². The zero-order valence-corrected chi connectivity index (χ0v) is 11.1. The Bertz CT molecular complexity index is 241. The number of ketones is 1. The summed E-state index contributed by atoms with van der Waals surface area (Å²) in [6.45, 7) is 6.35. The van der Waals surface area contributed by atoms with Gasteiger partial charge in [0.25, 0.3) is 0 Å². The molecule has 0 rings (SSSR count). The van der Waals surface area contributed by atoms with Gasteiger partial charge in [-0.1, -0.05) is 13.8 Å². The SMILES string of the molecule is COCCCOCC(=O)NC(C(C)=O)C(C)C. The van der Waals surface area contributed by atoms with Crippen LogP contribution in [0.15, 0.2) is 0 Å². The minimum Gasteiger partial charge on any atom is -0.385 e. The summed E-state index contributed by atoms with van der Waals surface area (Å²) < 4.78 is 10.0. The Labute approximate surface area is 103 Å². The highest BCUT2D eigenvalue weighted by molar-refractivity contribution is 5.88. The first-order valence-corrected chi connectivity index (χ1v) is 5.85. The lowest BCUT2D eigenvalue weighted by Crippen LogP contribution is -2.44. The van der Waals surface area contributed by atoms with Crippen LogP contribution in [-0.2, 0) is 19.1 Å². The zero-order valence-electron chi connectivity index (χ0n) is 11.1. The Morgan fingerprint density at radius 3 is 2.35 bits per heavy atom. The van der Waals surface area contributed by atoms with Crippen LogP contribution in [0.25, 0.3) is 0 Å². The summed E-state index contributed by atoms with van der Waals surface area (Å²) in [6.07, 6.45) is 0.754. The maximum atomic E-state index is 11.5. The third-order valence-corrected chi connectivity index (χ3v) is 2.29. The third-order valence-electron chi connectivity index (χ3n) is 2.29. The molecule has 17 heavy (non-hydrogen) atoms. The fourth-order valence-corrected chi connectivity index (χ4v) is 1.42. The molecule has 0 bridgehead atoms. The van der Waals surface area contributed by atoms with E-state index in [0.29, 0.717) is 13.2 Å². The Morgan fingerprint density at radius 2 is 1.88 bits per heavy atom. The molecular formula is C12H23NO4. The summed E-state index contributed by atoms with van der Waals surface area (Å²) in [5, 5.41) is 2.66. The maximum Gasteiger partial charge on any atom is 0.246 e. The van der Waals surface area contributed by atoms with Gasteiger partial charge in [-0.3, -0.25) is 9.59 Å². The van der Waals surface area contributed by atoms with Crippen molar-refractivity contribution in [3.05, 3.63) is 0 Å². The largest absolute Gasteiger partial charge is 0.385 e. The summed E-state index contributed by atoms with van der Waals surface area (Å²) in [5.74, 6) is -0.200. The number of ether oxygens (including phenoxy) is 2. The van der Waals surface area contributed by atoms with E-state index >= 15 is 0 Å². The average molecular weight is 245 g/mol. The summed E-state index contributed by atoms with van der Waals surface area (Å²) in [7, 11) is 1.62. The van der Waals surface area contributed by atoms with Gasteiger partial charge in [-0.25, -0.2) is 0 Å². The predicted molar refractivity (Wildman–Crippen MR) is 64.8 cm³/mol. The standard InChI is InChI=1S/C12H23NO4/c1-9(2)12(10(3)14)13-11(15)8-17-7-5-6-16-4/h9,12H,5-8H2,1-4H3,(H,13,15). The Kier molecular flexibility index (Phi) is 8.62. The first kappa shape index (κ1) is 16.1. The van der Waals surface area contributed by atoms with E-state index in [2.05, 4.69) is 5.32 Å². The summed E-state index contributed by atoms with van der Waals surface area (Å²) in [5.41, 5.74) is 0. The highest BCUT2D eigenvalue weighted by atomic mass is 16.5. The number of methoxy groups -OCH3 is 1. The molecule has 100 valence electrons. The zero-order chi connectivity index (χ0) is 13.3. The van der Waals surface area contributed by atoms with Crippen LogP contribution in [0.5, 0.6) is 0 Å². The number of nitrogens with one attached hydrogen (secondary N) is 1. The van der Waals surface area contributed by atoms with Gasteiger partial charge in [-0.2, -0.15) is 0 Å². The normalized spacial score (nSPS) is 12.5. The lowest BCUT2D eigenvalue weighted by molar-refractivity contribution is -0.130. The summed E-state index contributed by atoms with van der Waals surface area (Å²) in [4.78, 5) is 22.7. The van der Waals surface area contributed by atoms with Gasteiger partial charge in [0, 0.05) is 20.3 Å². The van der Waals surface area contributed by atoms with Gasteiger partial charge in [-0.15, -0.1) is 0 Å². The van der Waals surface area contributed by atoms with Gasteiger partial charge in [0.1, 0.15) is 6.61 Å². The van der Waals surface area contributed by atoms with Gasteiger partial charge in [-0.05, 0) is 19.3 Å². The van der Waals surface area contributed by atoms with Crippen LogP contribution in [0, 0.1) is 5.92 Å². The second-order valence-corrected chi connectivity index (χ2v) is 4.30. The number of amides is 1. The van der Waals surface area contributed by atoms with Crippen molar-refractivity contribution in [2.24, 2.45) is 5.92 Å². The van der Waals surface area contributed by atoms with E-state index in [4.69, 9.17) is 9.47 Å². The first-order chi connectivity index (χ1) is 7.99. The van der Waals surface area contributed by atoms with Crippen LogP contribution < -0.4 is 5.32 Å². The third kappa shape index (κ3) is 7.88. The second kappa shape index (κ2) is 9.13. The second-order valence-electron chi connectivity index (χ2n) is 4.30. The van der Waals surface area contributed by atoms with Crippen molar-refractivity contribution in [1.29, 1.82) is 0 Å². The van der Waals surface area contributed by atoms with E-state index in [9.17, 15) is 9.59 Å². The molecule has 0 saturated carbocycles. The molecule has 1 amide bonds. The van der Waals surface area contributed by atoms with Gasteiger partial charge in [0.05, 0.1) is 6.04 Å². The smallest absolute Gasteiger partial charge is 0.246 e. The molecule has 0 radical (unpaired) electrons. The Hall–Kier alpha value is -0.940. The molecule has 0 aliphatic rings. The molecule has 0 aromatic heterocycles. The van der Waals surface area contributed by atoms with Crippen LogP contribution in [0.4, 0.5) is 0 Å². The molecule has 1 atom stereocenters. The number of Topliss-reactive ketones (excluding diaryl/α,β-unsaturated/α-hetero) is 1. The van der Waals surface area contributed by atoms with Crippen molar-refractivity contribution in [3.63, 3.8) is 0 Å². The number of rotatable bonds is 9. The fourth-order valence-electron chi connectivity index (χ4n) is 1.42. The molecule has 0 aromatic carbocycles. The molecule has 0 fully saturated rings. The van der Waals surface area contributed by atoms with Gasteiger partial charge < -0.3 is 14.8 Å². The van der Waals surface area contributed by atoms with Gasteiger partial charge >= 0.3 is 0 Å². The molecule has 0 aromatic rings. The summed E-state index contributed by atoms with van der Waals surface area (Å²) in [6, 6.07) is -0.426. The van der Waals surface area contributed by atoms with E-state index < -0.39 is 6.04 Å². The lowest BCUT2D eigenvalue weighted by atomic mass is 10.0. The number of hydrogen-bond donors (Lipinski definition) is 1. The van der Waals surface area contributed by atoms with E-state index in [0.717, 1.165) is 6.42 Å². The molecule has 0 aliphatic heterocycles. The van der Waals surface area contributed by atoms with E-state index in [-0.39, 0.29) is 24.2 Å². The van der Waals surface area contributed by atoms with Crippen LogP contribution in [0.3, 0.4) is 0 Å². The number of carbonyl (C=O) groups excluding carboxylic acids is 2. The number of carbonyl (C=O) groups is 2. The molecule has 5 nitrogen and oxygen atoms in total. The molecule has 0 spiro atoms. The van der Waals surface area contributed by atoms with Crippen LogP contribution in [-0.4, -0.2) is 44.7 Å². The van der Waals surface area contributed by atoms with Gasteiger partial charge in [0.2, 0.25) is 5.91 Å². The quantitative estimate of drug-likeness (QED) is 0.609. The van der Waals surface area contributed by atoms with Crippen molar-refractivity contribution in [1.82, 2.24) is 5.32 Å². The maximum absolute atomic E-state index is 11.5. The number of hydrogen-bond acceptors (Lipinski definition) is 4. The Balaban J connectivity index is 3.80. The highest BCUT2D eigenvalue weighted by Crippen LogP contribution is 2.02. The minimum absolute atomic E-state index is 0.0137. The van der Waals surface area contributed by atoms with E-state index in [1.54, 1.807) is 7.11 Å². The highest BCUT2D eigenvalue weighted by Gasteiger charge is 2.20. The van der Waals surface area contributed by atoms with Crippen LogP contribution in [0.2, 0.25) is 0 Å². The summed E-state index contributed by atoms with van der Waals surface area (Å²) >= 11 is 0. The van der Waals surface area contributed by atoms with Crippen LogP contribution in [0.1, 0.15) is 27.2 Å². The minimum atomic E-state index is -0.426. The molecule has 0 heterocycles. The molecule has 5 heteroatoms. The van der Waals surface area contributed by atoms with Crippen molar-refractivity contribution >= 4 is 11.7 Å². The fraction of sp³-hybridized carbons (Fsp3) is 0.833. The average Bonchev–Trinajstić information content (AvgIpc) is 2.24. The Morgan fingerprint density at radius 1 is 1.24 bits per heavy atom. The monoisotopic (exact) mass is 245 g/mol. The lowest BCUT2D eigenvalue weighted by Gasteiger charge is -2.19. The van der Waals surface area contributed by atoms with E-state index in [1.165, 1.54) is 6.92 Å².